The lowest BCUT2D eigenvalue weighted by molar-refractivity contribution is 0.575. The summed E-state index contributed by atoms with van der Waals surface area (Å²) in [4.78, 5) is 8.23. The van der Waals surface area contributed by atoms with Crippen LogP contribution in [0.1, 0.15) is 30.5 Å². The van der Waals surface area contributed by atoms with Gasteiger partial charge in [0, 0.05) is 18.0 Å². The van der Waals surface area contributed by atoms with E-state index < -0.39 is 0 Å². The second kappa shape index (κ2) is 8.02. The maximum atomic E-state index is 4.27. The van der Waals surface area contributed by atoms with Gasteiger partial charge in [-0.15, -0.1) is 11.8 Å². The van der Waals surface area contributed by atoms with Crippen LogP contribution in [-0.4, -0.2) is 22.3 Å². The topological polar surface area (TPSA) is 37.8 Å². The third-order valence-electron chi connectivity index (χ3n) is 3.16. The van der Waals surface area contributed by atoms with E-state index in [0.717, 1.165) is 23.7 Å². The molecule has 0 aliphatic heterocycles. The molecule has 4 heteroatoms. The molecule has 0 amide bonds. The minimum Gasteiger partial charge on any atom is -0.309 e. The van der Waals surface area contributed by atoms with Crippen molar-refractivity contribution < 1.29 is 0 Å². The second-order valence-corrected chi connectivity index (χ2v) is 5.76. The highest BCUT2D eigenvalue weighted by molar-refractivity contribution is 7.99. The fourth-order valence-electron chi connectivity index (χ4n) is 2.09. The van der Waals surface area contributed by atoms with Gasteiger partial charge in [-0.05, 0) is 37.1 Å². The van der Waals surface area contributed by atoms with E-state index in [2.05, 4.69) is 53.4 Å². The number of benzene rings is 1. The van der Waals surface area contributed by atoms with E-state index in [4.69, 9.17) is 0 Å². The maximum Gasteiger partial charge on any atom is 0.116 e. The summed E-state index contributed by atoms with van der Waals surface area (Å²) < 4.78 is 0. The molecule has 0 spiro atoms. The van der Waals surface area contributed by atoms with Crippen molar-refractivity contribution in [3.63, 3.8) is 0 Å². The predicted molar refractivity (Wildman–Crippen MR) is 85.0 cm³/mol. The Morgan fingerprint density at radius 2 is 2.10 bits per heavy atom. The number of nitrogens with zero attached hydrogens (tertiary/aromatic N) is 2. The van der Waals surface area contributed by atoms with Gasteiger partial charge in [-0.2, -0.15) is 0 Å². The molecule has 0 bridgehead atoms. The molecule has 3 nitrogen and oxygen atoms in total. The molecule has 0 aliphatic carbocycles. The van der Waals surface area contributed by atoms with Crippen LogP contribution in [-0.2, 0) is 0 Å². The van der Waals surface area contributed by atoms with Crippen LogP contribution >= 0.6 is 11.8 Å². The SMILES string of the molecule is CCCNC(CSc1ccncn1)c1ccccc1C. The van der Waals surface area contributed by atoms with Crippen molar-refractivity contribution in [3.8, 4) is 0 Å². The fourth-order valence-corrected chi connectivity index (χ4v) is 3.00. The van der Waals surface area contributed by atoms with Gasteiger partial charge in [0.2, 0.25) is 0 Å². The average molecular weight is 287 g/mol. The van der Waals surface area contributed by atoms with E-state index in [-0.39, 0.29) is 0 Å². The Morgan fingerprint density at radius 1 is 1.25 bits per heavy atom. The van der Waals surface area contributed by atoms with E-state index in [9.17, 15) is 0 Å². The molecule has 1 atom stereocenters. The molecule has 0 aliphatic rings. The zero-order valence-electron chi connectivity index (χ0n) is 12.0. The lowest BCUT2D eigenvalue weighted by Crippen LogP contribution is -2.24. The highest BCUT2D eigenvalue weighted by atomic mass is 32.2. The molecule has 2 aromatic rings. The van der Waals surface area contributed by atoms with Crippen LogP contribution in [0.25, 0.3) is 0 Å². The zero-order chi connectivity index (χ0) is 14.2. The largest absolute Gasteiger partial charge is 0.309 e. The highest BCUT2D eigenvalue weighted by Gasteiger charge is 2.13. The smallest absolute Gasteiger partial charge is 0.116 e. The zero-order valence-corrected chi connectivity index (χ0v) is 12.9. The standard InChI is InChI=1S/C16H21N3S/c1-3-9-18-15(14-7-5-4-6-13(14)2)11-20-16-8-10-17-12-19-16/h4-8,10,12,15,18H,3,9,11H2,1-2H3. The van der Waals surface area contributed by atoms with Gasteiger partial charge in [0.15, 0.2) is 0 Å². The van der Waals surface area contributed by atoms with E-state index in [1.54, 1.807) is 24.3 Å². The molecule has 106 valence electrons. The third kappa shape index (κ3) is 4.32. The molecule has 1 heterocycles. The van der Waals surface area contributed by atoms with Gasteiger partial charge in [0.25, 0.3) is 0 Å². The summed E-state index contributed by atoms with van der Waals surface area (Å²) in [6.45, 7) is 5.40. The first-order valence-corrected chi connectivity index (χ1v) is 7.97. The Hall–Kier alpha value is -1.39. The summed E-state index contributed by atoms with van der Waals surface area (Å²) in [5.41, 5.74) is 2.71. The summed E-state index contributed by atoms with van der Waals surface area (Å²) >= 11 is 1.77. The van der Waals surface area contributed by atoms with Crippen molar-refractivity contribution in [1.29, 1.82) is 0 Å². The molecule has 0 radical (unpaired) electrons. The highest BCUT2D eigenvalue weighted by Crippen LogP contribution is 2.25. The Labute approximate surface area is 125 Å². The quantitative estimate of drug-likeness (QED) is 0.623. The van der Waals surface area contributed by atoms with Gasteiger partial charge in [-0.25, -0.2) is 9.97 Å². The Bertz CT molecular complexity index is 516. The monoisotopic (exact) mass is 287 g/mol. The van der Waals surface area contributed by atoms with Crippen molar-refractivity contribution in [2.45, 2.75) is 31.3 Å². The summed E-state index contributed by atoms with van der Waals surface area (Å²) in [6.07, 6.45) is 4.53. The van der Waals surface area contributed by atoms with Gasteiger partial charge >= 0.3 is 0 Å². The number of aryl methyl sites for hydroxylation is 1. The minimum absolute atomic E-state index is 0.358. The van der Waals surface area contributed by atoms with E-state index in [1.807, 2.05) is 6.07 Å². The molecule has 20 heavy (non-hydrogen) atoms. The molecule has 2 rings (SSSR count). The van der Waals surface area contributed by atoms with Gasteiger partial charge in [-0.1, -0.05) is 31.2 Å². The normalized spacial score (nSPS) is 12.3. The van der Waals surface area contributed by atoms with Gasteiger partial charge in [-0.3, -0.25) is 0 Å². The molecule has 1 N–H and O–H groups in total. The van der Waals surface area contributed by atoms with Crippen LogP contribution in [0.2, 0.25) is 0 Å². The number of rotatable bonds is 7. The van der Waals surface area contributed by atoms with Crippen molar-refractivity contribution in [3.05, 3.63) is 54.0 Å². The maximum absolute atomic E-state index is 4.27. The van der Waals surface area contributed by atoms with Crippen LogP contribution in [0.5, 0.6) is 0 Å². The molecule has 1 unspecified atom stereocenters. The first-order chi connectivity index (χ1) is 9.81. The summed E-state index contributed by atoms with van der Waals surface area (Å²) in [6, 6.07) is 10.9. The Balaban J connectivity index is 2.06. The predicted octanol–water partition coefficient (Wildman–Crippen LogP) is 3.62. The van der Waals surface area contributed by atoms with Gasteiger partial charge in [0.1, 0.15) is 6.33 Å². The van der Waals surface area contributed by atoms with Crippen molar-refractivity contribution in [2.75, 3.05) is 12.3 Å². The van der Waals surface area contributed by atoms with Crippen LogP contribution < -0.4 is 5.32 Å². The number of thioether (sulfide) groups is 1. The van der Waals surface area contributed by atoms with Gasteiger partial charge < -0.3 is 5.32 Å². The van der Waals surface area contributed by atoms with Crippen molar-refractivity contribution >= 4 is 11.8 Å². The first kappa shape index (κ1) is 15.0. The number of nitrogens with one attached hydrogen (secondary N) is 1. The molecule has 1 aromatic heterocycles. The van der Waals surface area contributed by atoms with Crippen LogP contribution in [0.15, 0.2) is 47.9 Å². The third-order valence-corrected chi connectivity index (χ3v) is 4.19. The van der Waals surface area contributed by atoms with Crippen molar-refractivity contribution in [2.24, 2.45) is 0 Å². The lowest BCUT2D eigenvalue weighted by Gasteiger charge is -2.20. The van der Waals surface area contributed by atoms with Crippen LogP contribution in [0.4, 0.5) is 0 Å². The van der Waals surface area contributed by atoms with Crippen LogP contribution in [0, 0.1) is 6.92 Å². The molecule has 0 saturated heterocycles. The second-order valence-electron chi connectivity index (χ2n) is 4.72. The van der Waals surface area contributed by atoms with E-state index >= 15 is 0 Å². The van der Waals surface area contributed by atoms with E-state index in [1.165, 1.54) is 11.1 Å². The summed E-state index contributed by atoms with van der Waals surface area (Å²) in [5.74, 6) is 0.974. The fraction of sp³-hybridized carbons (Fsp3) is 0.375. The average Bonchev–Trinajstić information content (AvgIpc) is 2.49. The van der Waals surface area contributed by atoms with Crippen LogP contribution in [0.3, 0.4) is 0 Å². The Morgan fingerprint density at radius 3 is 2.80 bits per heavy atom. The number of hydrogen-bond donors (Lipinski definition) is 1. The van der Waals surface area contributed by atoms with Gasteiger partial charge in [0.05, 0.1) is 5.03 Å². The molecule has 0 fully saturated rings. The molecular weight excluding hydrogens is 266 g/mol. The lowest BCUT2D eigenvalue weighted by atomic mass is 10.0. The minimum atomic E-state index is 0.358. The summed E-state index contributed by atoms with van der Waals surface area (Å²) in [7, 11) is 0. The summed E-state index contributed by atoms with van der Waals surface area (Å²) in [5, 5.41) is 4.66. The van der Waals surface area contributed by atoms with Crippen molar-refractivity contribution in [1.82, 2.24) is 15.3 Å². The number of aromatic nitrogens is 2. The first-order valence-electron chi connectivity index (χ1n) is 6.99. The van der Waals surface area contributed by atoms with E-state index in [0.29, 0.717) is 6.04 Å². The number of hydrogen-bond acceptors (Lipinski definition) is 4. The molecule has 0 saturated carbocycles. The Kier molecular flexibility index (Phi) is 6.02. The molecular formula is C16H21N3S. The molecule has 1 aromatic carbocycles.